The fraction of sp³-hybridized carbons (Fsp3) is 0.318. The number of ether oxygens (including phenoxy) is 2. The number of urea groups is 1. The highest BCUT2D eigenvalue weighted by Crippen LogP contribution is 2.33. The van der Waals surface area contributed by atoms with Crippen LogP contribution in [0.4, 0.5) is 10.5 Å². The smallest absolute Gasteiger partial charge is 0.322 e. The lowest BCUT2D eigenvalue weighted by Gasteiger charge is -2.22. The van der Waals surface area contributed by atoms with Gasteiger partial charge in [0, 0.05) is 36.0 Å². The quantitative estimate of drug-likeness (QED) is 0.672. The average Bonchev–Trinajstić information content (AvgIpc) is 3.43. The van der Waals surface area contributed by atoms with Crippen LogP contribution in [-0.4, -0.2) is 41.8 Å². The third-order valence-electron chi connectivity index (χ3n) is 5.12. The molecule has 2 amide bonds. The Bertz CT molecular complexity index is 1030. The van der Waals surface area contributed by atoms with Crippen LogP contribution in [0.5, 0.6) is 11.5 Å². The van der Waals surface area contributed by atoms with E-state index in [1.807, 2.05) is 31.2 Å². The van der Waals surface area contributed by atoms with Crippen molar-refractivity contribution in [3.05, 3.63) is 53.9 Å². The largest absolute Gasteiger partial charge is 0.497 e. The van der Waals surface area contributed by atoms with Gasteiger partial charge in [-0.05, 0) is 25.8 Å². The Morgan fingerprint density at radius 2 is 1.93 bits per heavy atom. The minimum absolute atomic E-state index is 0.233. The van der Waals surface area contributed by atoms with Gasteiger partial charge in [-0.3, -0.25) is 0 Å². The Balaban J connectivity index is 1.52. The van der Waals surface area contributed by atoms with Crippen LogP contribution in [0.2, 0.25) is 0 Å². The van der Waals surface area contributed by atoms with Crippen molar-refractivity contribution in [1.29, 1.82) is 0 Å². The van der Waals surface area contributed by atoms with Crippen LogP contribution in [-0.2, 0) is 0 Å². The Morgan fingerprint density at radius 3 is 2.63 bits per heavy atom. The molecule has 1 aliphatic heterocycles. The first-order valence-corrected chi connectivity index (χ1v) is 9.78. The maximum absolute atomic E-state index is 13.0. The summed E-state index contributed by atoms with van der Waals surface area (Å²) in [4.78, 5) is 19.2. The van der Waals surface area contributed by atoms with Crippen LogP contribution in [0, 0.1) is 6.92 Å². The molecule has 4 rings (SSSR count). The summed E-state index contributed by atoms with van der Waals surface area (Å²) < 4.78 is 16.1. The number of carbonyl (C=O) groups excluding carboxylic acids is 1. The van der Waals surface area contributed by atoms with E-state index in [9.17, 15) is 4.79 Å². The number of rotatable bonds is 5. The molecule has 1 aliphatic rings. The van der Waals surface area contributed by atoms with Gasteiger partial charge in [-0.15, -0.1) is 0 Å². The topological polar surface area (TPSA) is 89.7 Å². The van der Waals surface area contributed by atoms with Crippen molar-refractivity contribution in [1.82, 2.24) is 15.0 Å². The van der Waals surface area contributed by atoms with E-state index in [0.29, 0.717) is 35.4 Å². The number of aromatic nitrogens is 2. The molecule has 156 valence electrons. The van der Waals surface area contributed by atoms with E-state index in [1.54, 1.807) is 37.3 Å². The van der Waals surface area contributed by atoms with E-state index in [2.05, 4.69) is 15.5 Å². The zero-order chi connectivity index (χ0) is 21.1. The zero-order valence-corrected chi connectivity index (χ0v) is 17.2. The number of methoxy groups -OCH3 is 2. The van der Waals surface area contributed by atoms with E-state index < -0.39 is 0 Å². The van der Waals surface area contributed by atoms with E-state index in [0.717, 1.165) is 24.0 Å². The van der Waals surface area contributed by atoms with E-state index in [4.69, 9.17) is 14.0 Å². The Labute approximate surface area is 174 Å². The van der Waals surface area contributed by atoms with Crippen LogP contribution in [0.3, 0.4) is 0 Å². The summed E-state index contributed by atoms with van der Waals surface area (Å²) in [6.45, 7) is 2.63. The summed E-state index contributed by atoms with van der Waals surface area (Å²) in [6, 6.07) is 12.7. The van der Waals surface area contributed by atoms with E-state index in [1.165, 1.54) is 0 Å². The number of nitrogens with one attached hydrogen (secondary N) is 1. The molecule has 0 bridgehead atoms. The molecular weight excluding hydrogens is 384 g/mol. The molecule has 1 aromatic heterocycles. The molecular formula is C22H24N4O4. The van der Waals surface area contributed by atoms with Gasteiger partial charge in [-0.25, -0.2) is 4.79 Å². The SMILES string of the molecule is COc1cc(NC(=O)N2CCC[C@@H]2c2nc(-c3cccc(C)c3)no2)cc(OC)c1. The lowest BCUT2D eigenvalue weighted by Crippen LogP contribution is -2.34. The van der Waals surface area contributed by atoms with Crippen molar-refractivity contribution in [2.45, 2.75) is 25.8 Å². The normalized spacial score (nSPS) is 15.8. The van der Waals surface area contributed by atoms with Crippen LogP contribution >= 0.6 is 0 Å². The predicted octanol–water partition coefficient (Wildman–Crippen LogP) is 4.43. The molecule has 0 unspecified atom stereocenters. The highest BCUT2D eigenvalue weighted by molar-refractivity contribution is 5.90. The summed E-state index contributed by atoms with van der Waals surface area (Å²) in [5, 5.41) is 7.03. The highest BCUT2D eigenvalue weighted by Gasteiger charge is 2.34. The molecule has 3 aromatic rings. The molecule has 30 heavy (non-hydrogen) atoms. The number of carbonyl (C=O) groups is 1. The van der Waals surface area contributed by atoms with Gasteiger partial charge in [0.1, 0.15) is 17.5 Å². The summed E-state index contributed by atoms with van der Waals surface area (Å²) >= 11 is 0. The highest BCUT2D eigenvalue weighted by atomic mass is 16.5. The number of likely N-dealkylation sites (tertiary alicyclic amines) is 1. The van der Waals surface area contributed by atoms with Gasteiger partial charge in [0.15, 0.2) is 0 Å². The summed E-state index contributed by atoms with van der Waals surface area (Å²) in [6.07, 6.45) is 1.63. The number of hydrogen-bond acceptors (Lipinski definition) is 6. The number of aryl methyl sites for hydroxylation is 1. The van der Waals surface area contributed by atoms with E-state index in [-0.39, 0.29) is 12.1 Å². The van der Waals surface area contributed by atoms with Gasteiger partial charge in [0.05, 0.1) is 14.2 Å². The molecule has 1 atom stereocenters. The zero-order valence-electron chi connectivity index (χ0n) is 17.2. The molecule has 1 fully saturated rings. The van der Waals surface area contributed by atoms with Gasteiger partial charge in [0.2, 0.25) is 11.7 Å². The van der Waals surface area contributed by atoms with Gasteiger partial charge >= 0.3 is 6.03 Å². The van der Waals surface area contributed by atoms with Crippen molar-refractivity contribution < 1.29 is 18.8 Å². The number of amides is 2. The minimum atomic E-state index is -0.261. The van der Waals surface area contributed by atoms with Gasteiger partial charge in [0.25, 0.3) is 0 Å². The monoisotopic (exact) mass is 408 g/mol. The fourth-order valence-electron chi connectivity index (χ4n) is 3.61. The second-order valence-corrected chi connectivity index (χ2v) is 7.21. The van der Waals surface area contributed by atoms with Crippen LogP contribution in [0.15, 0.2) is 47.0 Å². The molecule has 2 heterocycles. The van der Waals surface area contributed by atoms with Crippen molar-refractivity contribution >= 4 is 11.7 Å². The Morgan fingerprint density at radius 1 is 1.17 bits per heavy atom. The van der Waals surface area contributed by atoms with Crippen LogP contribution in [0.1, 0.15) is 30.3 Å². The molecule has 0 spiro atoms. The molecule has 0 radical (unpaired) electrons. The van der Waals surface area contributed by atoms with Gasteiger partial charge in [-0.1, -0.05) is 28.9 Å². The first kappa shape index (κ1) is 19.8. The minimum Gasteiger partial charge on any atom is -0.497 e. The second kappa shape index (κ2) is 8.44. The fourth-order valence-corrected chi connectivity index (χ4v) is 3.61. The van der Waals surface area contributed by atoms with Crippen molar-refractivity contribution in [3.63, 3.8) is 0 Å². The van der Waals surface area contributed by atoms with Crippen molar-refractivity contribution in [2.75, 3.05) is 26.1 Å². The third kappa shape index (κ3) is 4.07. The lowest BCUT2D eigenvalue weighted by molar-refractivity contribution is 0.193. The second-order valence-electron chi connectivity index (χ2n) is 7.21. The molecule has 2 aromatic carbocycles. The number of benzene rings is 2. The van der Waals surface area contributed by atoms with E-state index >= 15 is 0 Å². The summed E-state index contributed by atoms with van der Waals surface area (Å²) in [5.41, 5.74) is 2.60. The maximum Gasteiger partial charge on any atom is 0.322 e. The van der Waals surface area contributed by atoms with Crippen molar-refractivity contribution in [2.24, 2.45) is 0 Å². The Hall–Kier alpha value is -3.55. The predicted molar refractivity (Wildman–Crippen MR) is 112 cm³/mol. The molecule has 0 saturated carbocycles. The van der Waals surface area contributed by atoms with Gasteiger partial charge < -0.3 is 24.2 Å². The average molecular weight is 408 g/mol. The Kier molecular flexibility index (Phi) is 5.56. The third-order valence-corrected chi connectivity index (χ3v) is 5.12. The van der Waals surface area contributed by atoms with Crippen LogP contribution in [0.25, 0.3) is 11.4 Å². The summed E-state index contributed by atoms with van der Waals surface area (Å²) in [7, 11) is 3.14. The van der Waals surface area contributed by atoms with Gasteiger partial charge in [-0.2, -0.15) is 4.98 Å². The number of anilines is 1. The molecule has 0 aliphatic carbocycles. The molecule has 1 N–H and O–H groups in total. The standard InChI is InChI=1S/C22H24N4O4/c1-14-6-4-7-15(10-14)20-24-21(30-25-20)19-8-5-9-26(19)22(27)23-16-11-17(28-2)13-18(12-16)29-3/h4,6-7,10-13,19H,5,8-9H2,1-3H3,(H,23,27)/t19-/m1/s1. The molecule has 8 nitrogen and oxygen atoms in total. The van der Waals surface area contributed by atoms with Crippen LogP contribution < -0.4 is 14.8 Å². The summed E-state index contributed by atoms with van der Waals surface area (Å²) in [5.74, 6) is 2.17. The number of nitrogens with zero attached hydrogens (tertiary/aromatic N) is 3. The first-order valence-electron chi connectivity index (χ1n) is 9.78. The lowest BCUT2D eigenvalue weighted by atomic mass is 10.1. The maximum atomic E-state index is 13.0. The first-order chi connectivity index (χ1) is 14.6. The number of hydrogen-bond donors (Lipinski definition) is 1. The van der Waals surface area contributed by atoms with Crippen molar-refractivity contribution in [3.8, 4) is 22.9 Å². The molecule has 8 heteroatoms. The molecule has 1 saturated heterocycles.